The van der Waals surface area contributed by atoms with Gasteiger partial charge < -0.3 is 9.84 Å². The van der Waals surface area contributed by atoms with Crippen LogP contribution < -0.4 is 4.74 Å². The molecule has 3 heteroatoms. The van der Waals surface area contributed by atoms with Crippen LogP contribution in [0.3, 0.4) is 0 Å². The Labute approximate surface area is 106 Å². The average molecular weight is 246 g/mol. The molecule has 0 aliphatic rings. The Kier molecular flexibility index (Phi) is 3.59. The van der Waals surface area contributed by atoms with Gasteiger partial charge in [0.2, 0.25) is 0 Å². The Morgan fingerprint density at radius 2 is 1.82 bits per heavy atom. The number of ether oxygens (including phenoxy) is 1. The van der Waals surface area contributed by atoms with Crippen LogP contribution in [0, 0.1) is 0 Å². The maximum Gasteiger partial charge on any atom is 0.120 e. The second-order valence-corrected chi connectivity index (χ2v) is 4.35. The quantitative estimate of drug-likeness (QED) is 0.814. The summed E-state index contributed by atoms with van der Waals surface area (Å²) in [7, 11) is 1.65. The highest BCUT2D eigenvalue weighted by atomic mass is 32.1. The summed E-state index contributed by atoms with van der Waals surface area (Å²) in [5.41, 5.74) is 2.03. The number of methoxy groups -OCH3 is 1. The molecule has 0 atom stereocenters. The van der Waals surface area contributed by atoms with E-state index in [9.17, 15) is 5.11 Å². The minimum atomic E-state index is 0.285. The number of phenols is 1. The highest BCUT2D eigenvalue weighted by Gasteiger charge is 2.03. The summed E-state index contributed by atoms with van der Waals surface area (Å²) >= 11 is 4.18. The van der Waals surface area contributed by atoms with E-state index in [1.807, 2.05) is 36.4 Å². The van der Waals surface area contributed by atoms with Gasteiger partial charge in [-0.15, -0.1) is 12.6 Å². The summed E-state index contributed by atoms with van der Waals surface area (Å²) in [6.45, 7) is 0. The standard InChI is InChI=1S/C14H14O2S/c1-16-12-5-2-10(3-6-12)8-11-4-7-13(17)9-14(11)15/h2-7,9,15,17H,8H2,1H3. The van der Waals surface area contributed by atoms with Crippen LogP contribution in [0.4, 0.5) is 0 Å². The lowest BCUT2D eigenvalue weighted by molar-refractivity contribution is 0.414. The summed E-state index contributed by atoms with van der Waals surface area (Å²) < 4.78 is 5.10. The molecule has 0 spiro atoms. The summed E-state index contributed by atoms with van der Waals surface area (Å²) in [5.74, 6) is 1.12. The third kappa shape index (κ3) is 2.94. The van der Waals surface area contributed by atoms with Gasteiger partial charge in [0.25, 0.3) is 0 Å². The maximum atomic E-state index is 9.78. The summed E-state index contributed by atoms with van der Waals surface area (Å²) in [6, 6.07) is 13.2. The van der Waals surface area contributed by atoms with Crippen molar-refractivity contribution in [1.82, 2.24) is 0 Å². The first-order valence-electron chi connectivity index (χ1n) is 5.33. The van der Waals surface area contributed by atoms with Crippen LogP contribution in [0.1, 0.15) is 11.1 Å². The monoisotopic (exact) mass is 246 g/mol. The van der Waals surface area contributed by atoms with Crippen molar-refractivity contribution in [2.24, 2.45) is 0 Å². The topological polar surface area (TPSA) is 29.5 Å². The van der Waals surface area contributed by atoms with Gasteiger partial charge in [-0.3, -0.25) is 0 Å². The first-order valence-corrected chi connectivity index (χ1v) is 5.77. The van der Waals surface area contributed by atoms with Crippen molar-refractivity contribution in [2.75, 3.05) is 7.11 Å². The molecule has 0 aliphatic heterocycles. The Morgan fingerprint density at radius 3 is 2.41 bits per heavy atom. The molecular weight excluding hydrogens is 232 g/mol. The van der Waals surface area contributed by atoms with Gasteiger partial charge in [0.1, 0.15) is 11.5 Å². The first kappa shape index (κ1) is 11.9. The molecule has 1 N–H and O–H groups in total. The summed E-state index contributed by atoms with van der Waals surface area (Å²) in [6.07, 6.45) is 0.698. The number of rotatable bonds is 3. The summed E-state index contributed by atoms with van der Waals surface area (Å²) in [4.78, 5) is 0.765. The van der Waals surface area contributed by atoms with Crippen LogP contribution in [0.15, 0.2) is 47.4 Å². The van der Waals surface area contributed by atoms with E-state index in [0.29, 0.717) is 6.42 Å². The fourth-order valence-corrected chi connectivity index (χ4v) is 1.86. The van der Waals surface area contributed by atoms with E-state index in [1.54, 1.807) is 13.2 Å². The van der Waals surface area contributed by atoms with Gasteiger partial charge in [-0.25, -0.2) is 0 Å². The molecule has 2 rings (SSSR count). The fraction of sp³-hybridized carbons (Fsp3) is 0.143. The lowest BCUT2D eigenvalue weighted by Crippen LogP contribution is -1.90. The van der Waals surface area contributed by atoms with E-state index < -0.39 is 0 Å². The molecule has 0 radical (unpaired) electrons. The van der Waals surface area contributed by atoms with Crippen molar-refractivity contribution in [3.63, 3.8) is 0 Å². The zero-order valence-electron chi connectivity index (χ0n) is 9.55. The first-order chi connectivity index (χ1) is 8.19. The SMILES string of the molecule is COc1ccc(Cc2ccc(S)cc2O)cc1. The Balaban J connectivity index is 2.19. The van der Waals surface area contributed by atoms with E-state index in [-0.39, 0.29) is 5.75 Å². The molecule has 2 nitrogen and oxygen atoms in total. The van der Waals surface area contributed by atoms with Crippen LogP contribution in [0.2, 0.25) is 0 Å². The van der Waals surface area contributed by atoms with Crippen LogP contribution in [-0.2, 0) is 6.42 Å². The number of thiol groups is 1. The Hall–Kier alpha value is -1.61. The Morgan fingerprint density at radius 1 is 1.12 bits per heavy atom. The van der Waals surface area contributed by atoms with Gasteiger partial charge in [0.05, 0.1) is 7.11 Å². The Bertz CT molecular complexity index is 506. The predicted molar refractivity (Wildman–Crippen MR) is 71.2 cm³/mol. The number of phenolic OH excluding ortho intramolecular Hbond substituents is 1. The average Bonchev–Trinajstić information content (AvgIpc) is 2.34. The largest absolute Gasteiger partial charge is 0.508 e. The molecule has 0 saturated heterocycles. The molecule has 0 amide bonds. The summed E-state index contributed by atoms with van der Waals surface area (Å²) in [5, 5.41) is 9.78. The van der Waals surface area contributed by atoms with Gasteiger partial charge in [-0.1, -0.05) is 18.2 Å². The maximum absolute atomic E-state index is 9.78. The van der Waals surface area contributed by atoms with E-state index >= 15 is 0 Å². The van der Waals surface area contributed by atoms with Gasteiger partial charge in [-0.2, -0.15) is 0 Å². The molecule has 0 heterocycles. The number of aromatic hydroxyl groups is 1. The molecule has 88 valence electrons. The van der Waals surface area contributed by atoms with E-state index in [0.717, 1.165) is 21.8 Å². The zero-order chi connectivity index (χ0) is 12.3. The van der Waals surface area contributed by atoms with Crippen molar-refractivity contribution < 1.29 is 9.84 Å². The minimum absolute atomic E-state index is 0.285. The van der Waals surface area contributed by atoms with Crippen LogP contribution in [-0.4, -0.2) is 12.2 Å². The normalized spacial score (nSPS) is 10.2. The molecule has 17 heavy (non-hydrogen) atoms. The molecule has 0 bridgehead atoms. The van der Waals surface area contributed by atoms with Crippen LogP contribution in [0.5, 0.6) is 11.5 Å². The molecule has 2 aromatic carbocycles. The van der Waals surface area contributed by atoms with Gasteiger partial charge in [0, 0.05) is 11.3 Å². The lowest BCUT2D eigenvalue weighted by atomic mass is 10.0. The van der Waals surface area contributed by atoms with Gasteiger partial charge in [0.15, 0.2) is 0 Å². The molecule has 0 aliphatic carbocycles. The van der Waals surface area contributed by atoms with Crippen LogP contribution in [0.25, 0.3) is 0 Å². The van der Waals surface area contributed by atoms with Crippen molar-refractivity contribution >= 4 is 12.6 Å². The second-order valence-electron chi connectivity index (χ2n) is 3.84. The molecule has 0 aromatic heterocycles. The van der Waals surface area contributed by atoms with Crippen LogP contribution >= 0.6 is 12.6 Å². The second kappa shape index (κ2) is 5.15. The predicted octanol–water partition coefficient (Wildman–Crippen LogP) is 3.28. The smallest absolute Gasteiger partial charge is 0.120 e. The van der Waals surface area contributed by atoms with E-state index in [1.165, 1.54) is 0 Å². The number of hydrogen-bond acceptors (Lipinski definition) is 3. The third-order valence-corrected chi connectivity index (χ3v) is 2.90. The van der Waals surface area contributed by atoms with E-state index in [2.05, 4.69) is 12.6 Å². The molecule has 0 fully saturated rings. The number of benzene rings is 2. The molecule has 0 unspecified atom stereocenters. The minimum Gasteiger partial charge on any atom is -0.508 e. The van der Waals surface area contributed by atoms with Crippen molar-refractivity contribution in [2.45, 2.75) is 11.3 Å². The highest BCUT2D eigenvalue weighted by molar-refractivity contribution is 7.80. The van der Waals surface area contributed by atoms with E-state index in [4.69, 9.17) is 4.74 Å². The van der Waals surface area contributed by atoms with Crippen molar-refractivity contribution in [3.05, 3.63) is 53.6 Å². The van der Waals surface area contributed by atoms with Gasteiger partial charge >= 0.3 is 0 Å². The molecule has 0 saturated carbocycles. The molecular formula is C14H14O2S. The fourth-order valence-electron chi connectivity index (χ4n) is 1.67. The zero-order valence-corrected chi connectivity index (χ0v) is 10.4. The molecule has 2 aromatic rings. The van der Waals surface area contributed by atoms with Crippen molar-refractivity contribution in [1.29, 1.82) is 0 Å². The highest BCUT2D eigenvalue weighted by Crippen LogP contribution is 2.24. The lowest BCUT2D eigenvalue weighted by Gasteiger charge is -2.06. The van der Waals surface area contributed by atoms with Crippen molar-refractivity contribution in [3.8, 4) is 11.5 Å². The van der Waals surface area contributed by atoms with Gasteiger partial charge in [-0.05, 0) is 35.4 Å². The number of hydrogen-bond donors (Lipinski definition) is 2. The third-order valence-electron chi connectivity index (χ3n) is 2.62.